The van der Waals surface area contributed by atoms with E-state index in [9.17, 15) is 10.1 Å². The van der Waals surface area contributed by atoms with Crippen molar-refractivity contribution in [3.8, 4) is 11.8 Å². The minimum Gasteiger partial charge on any atom is -0.483 e. The summed E-state index contributed by atoms with van der Waals surface area (Å²) in [5.74, 6) is 1.58. The zero-order chi connectivity index (χ0) is 25.7. The molecule has 0 aliphatic heterocycles. The van der Waals surface area contributed by atoms with Crippen LogP contribution in [0.5, 0.6) is 5.75 Å². The van der Waals surface area contributed by atoms with Crippen LogP contribution in [0.1, 0.15) is 78.6 Å². The number of nitriles is 1. The molecule has 2 heterocycles. The lowest BCUT2D eigenvalue weighted by Crippen LogP contribution is -2.15. The van der Waals surface area contributed by atoms with Gasteiger partial charge in [-0.05, 0) is 82.2 Å². The molecular weight excluding hydrogens is 490 g/mol. The first-order valence-electron chi connectivity index (χ1n) is 12.5. The summed E-state index contributed by atoms with van der Waals surface area (Å²) in [4.78, 5) is 14.1. The van der Waals surface area contributed by atoms with Gasteiger partial charge in [0, 0.05) is 11.4 Å². The molecule has 1 aromatic carbocycles. The molecule has 3 aromatic rings. The summed E-state index contributed by atoms with van der Waals surface area (Å²) >= 11 is 2.91. The zero-order valence-corrected chi connectivity index (χ0v) is 23.0. The second kappa shape index (κ2) is 11.9. The van der Waals surface area contributed by atoms with Crippen LogP contribution in [0, 0.1) is 25.2 Å². The van der Waals surface area contributed by atoms with E-state index in [-0.39, 0.29) is 17.8 Å². The van der Waals surface area contributed by atoms with Crippen LogP contribution in [0.15, 0.2) is 23.4 Å². The number of rotatable bonds is 8. The number of ether oxygens (including phenoxy) is 1. The molecule has 1 aliphatic carbocycles. The Kier molecular flexibility index (Phi) is 8.70. The molecule has 0 saturated carbocycles. The first kappa shape index (κ1) is 26.2. The highest BCUT2D eigenvalue weighted by molar-refractivity contribution is 7.99. The van der Waals surface area contributed by atoms with Gasteiger partial charge in [-0.25, -0.2) is 0 Å². The van der Waals surface area contributed by atoms with Gasteiger partial charge in [-0.2, -0.15) is 5.26 Å². The Balaban J connectivity index is 1.42. The number of carbonyl (C=O) groups excluding carboxylic acids is 1. The topological polar surface area (TPSA) is 92.8 Å². The monoisotopic (exact) mass is 523 g/mol. The summed E-state index contributed by atoms with van der Waals surface area (Å²) in [7, 11) is 0. The van der Waals surface area contributed by atoms with Gasteiger partial charge in [0.1, 0.15) is 16.8 Å². The average Bonchev–Trinajstić information content (AvgIpc) is 3.37. The van der Waals surface area contributed by atoms with Gasteiger partial charge < -0.3 is 14.6 Å². The van der Waals surface area contributed by atoms with E-state index < -0.39 is 0 Å². The second-order valence-corrected chi connectivity index (χ2v) is 11.3. The maximum absolute atomic E-state index is 12.8. The highest BCUT2D eigenvalue weighted by Crippen LogP contribution is 2.36. The van der Waals surface area contributed by atoms with Crippen LogP contribution in [0.4, 0.5) is 5.00 Å². The Hall–Kier alpha value is -2.83. The molecule has 1 aliphatic rings. The van der Waals surface area contributed by atoms with Crippen LogP contribution in [-0.4, -0.2) is 26.4 Å². The Labute approximate surface area is 221 Å². The fourth-order valence-corrected chi connectivity index (χ4v) is 6.75. The molecule has 190 valence electrons. The molecule has 0 spiro atoms. The number of aromatic nitrogens is 3. The van der Waals surface area contributed by atoms with E-state index in [2.05, 4.69) is 27.6 Å². The summed E-state index contributed by atoms with van der Waals surface area (Å²) in [6.07, 6.45) is 6.29. The van der Waals surface area contributed by atoms with Crippen LogP contribution in [0.2, 0.25) is 0 Å². The van der Waals surface area contributed by atoms with E-state index >= 15 is 0 Å². The number of carbonyl (C=O) groups is 1. The number of aryl methyl sites for hydroxylation is 3. The lowest BCUT2D eigenvalue weighted by molar-refractivity contribution is -0.113. The predicted octanol–water partition coefficient (Wildman–Crippen LogP) is 6.38. The third-order valence-corrected chi connectivity index (χ3v) is 8.48. The molecule has 1 amide bonds. The van der Waals surface area contributed by atoms with Gasteiger partial charge in [0.25, 0.3) is 0 Å². The van der Waals surface area contributed by atoms with Crippen molar-refractivity contribution in [2.75, 3.05) is 11.1 Å². The number of benzene rings is 1. The number of thiophene rings is 1. The summed E-state index contributed by atoms with van der Waals surface area (Å²) in [6, 6.07) is 8.47. The number of fused-ring (bicyclic) bond motifs is 1. The van der Waals surface area contributed by atoms with Crippen LogP contribution in [0.3, 0.4) is 0 Å². The van der Waals surface area contributed by atoms with E-state index in [1.54, 1.807) is 11.3 Å². The molecule has 2 aromatic heterocycles. The van der Waals surface area contributed by atoms with Crippen molar-refractivity contribution in [1.29, 1.82) is 5.26 Å². The van der Waals surface area contributed by atoms with Gasteiger partial charge in [0.05, 0.1) is 11.3 Å². The van der Waals surface area contributed by atoms with Crippen molar-refractivity contribution in [2.45, 2.75) is 84.0 Å². The first-order valence-corrected chi connectivity index (χ1v) is 14.3. The highest BCUT2D eigenvalue weighted by atomic mass is 32.2. The Morgan fingerprint density at radius 2 is 1.92 bits per heavy atom. The summed E-state index contributed by atoms with van der Waals surface area (Å²) < 4.78 is 8.15. The maximum Gasteiger partial charge on any atom is 0.235 e. The number of anilines is 1. The maximum atomic E-state index is 12.8. The standard InChI is InChI=1S/C27H33N5O2S2/c1-5-32-25(19(4)34-20-13-17(2)12-18(3)14-20)30-31-27(32)35-16-24(33)29-26-22(15-28)21-10-8-6-7-9-11-23(21)36-26/h12-14,19H,5-11,16H2,1-4H3,(H,29,33). The van der Waals surface area contributed by atoms with Crippen molar-refractivity contribution in [1.82, 2.24) is 14.8 Å². The molecule has 1 N–H and O–H groups in total. The van der Waals surface area contributed by atoms with Crippen molar-refractivity contribution >= 4 is 34.0 Å². The first-order chi connectivity index (χ1) is 17.4. The predicted molar refractivity (Wildman–Crippen MR) is 145 cm³/mol. The van der Waals surface area contributed by atoms with E-state index in [1.165, 1.54) is 29.5 Å². The summed E-state index contributed by atoms with van der Waals surface area (Å²) in [5, 5.41) is 22.8. The largest absolute Gasteiger partial charge is 0.483 e. The van der Waals surface area contributed by atoms with E-state index in [1.807, 2.05) is 44.4 Å². The van der Waals surface area contributed by atoms with Crippen LogP contribution in [-0.2, 0) is 24.2 Å². The number of nitrogens with zero attached hydrogens (tertiary/aromatic N) is 4. The van der Waals surface area contributed by atoms with E-state index in [0.717, 1.165) is 53.9 Å². The molecule has 36 heavy (non-hydrogen) atoms. The van der Waals surface area contributed by atoms with Crippen LogP contribution >= 0.6 is 23.1 Å². The summed E-state index contributed by atoms with van der Waals surface area (Å²) in [5.41, 5.74) is 4.08. The number of nitrogens with one attached hydrogen (secondary N) is 1. The van der Waals surface area contributed by atoms with Gasteiger partial charge in [-0.1, -0.05) is 30.7 Å². The second-order valence-electron chi connectivity index (χ2n) is 9.24. The molecule has 0 fully saturated rings. The molecule has 9 heteroatoms. The van der Waals surface area contributed by atoms with Gasteiger partial charge in [0.2, 0.25) is 5.91 Å². The van der Waals surface area contributed by atoms with E-state index in [4.69, 9.17) is 4.74 Å². The van der Waals surface area contributed by atoms with Gasteiger partial charge in [-0.3, -0.25) is 4.79 Å². The molecule has 1 unspecified atom stereocenters. The highest BCUT2D eigenvalue weighted by Gasteiger charge is 2.22. The Bertz CT molecular complexity index is 1250. The lowest BCUT2D eigenvalue weighted by atomic mass is 9.97. The number of hydrogen-bond donors (Lipinski definition) is 1. The number of amides is 1. The molecule has 1 atom stereocenters. The normalized spacial score (nSPS) is 14.3. The smallest absolute Gasteiger partial charge is 0.235 e. The molecule has 0 bridgehead atoms. The van der Waals surface area contributed by atoms with Crippen LogP contribution in [0.25, 0.3) is 0 Å². The van der Waals surface area contributed by atoms with Crippen molar-refractivity contribution < 1.29 is 9.53 Å². The van der Waals surface area contributed by atoms with Gasteiger partial charge >= 0.3 is 0 Å². The minimum atomic E-state index is -0.286. The third kappa shape index (κ3) is 6.11. The molecule has 7 nitrogen and oxygen atoms in total. The molecule has 0 saturated heterocycles. The fourth-order valence-electron chi connectivity index (χ4n) is 4.68. The minimum absolute atomic E-state index is 0.141. The zero-order valence-electron chi connectivity index (χ0n) is 21.4. The SMILES string of the molecule is CCn1c(SCC(=O)Nc2sc3c(c2C#N)CCCCCC3)nnc1C(C)Oc1cc(C)cc(C)c1. The molecule has 0 radical (unpaired) electrons. The Morgan fingerprint density at radius 1 is 1.19 bits per heavy atom. The quantitative estimate of drug-likeness (QED) is 0.345. The Morgan fingerprint density at radius 3 is 2.61 bits per heavy atom. The number of thioether (sulfide) groups is 1. The van der Waals surface area contributed by atoms with Gasteiger partial charge in [-0.15, -0.1) is 21.5 Å². The molecule has 4 rings (SSSR count). The molecular formula is C27H33N5O2S2. The van der Waals surface area contributed by atoms with Crippen molar-refractivity contribution in [3.63, 3.8) is 0 Å². The average molecular weight is 524 g/mol. The number of hydrogen-bond acceptors (Lipinski definition) is 7. The van der Waals surface area contributed by atoms with Crippen LogP contribution < -0.4 is 10.1 Å². The van der Waals surface area contributed by atoms with Crippen molar-refractivity contribution in [3.05, 3.63) is 51.2 Å². The third-order valence-electron chi connectivity index (χ3n) is 6.30. The lowest BCUT2D eigenvalue weighted by Gasteiger charge is -2.16. The van der Waals surface area contributed by atoms with Gasteiger partial charge in [0.15, 0.2) is 17.1 Å². The summed E-state index contributed by atoms with van der Waals surface area (Å²) in [6.45, 7) is 8.75. The van der Waals surface area contributed by atoms with E-state index in [0.29, 0.717) is 22.3 Å². The fraction of sp³-hybridized carbons (Fsp3) is 0.481. The van der Waals surface area contributed by atoms with Crippen molar-refractivity contribution in [2.24, 2.45) is 0 Å².